The van der Waals surface area contributed by atoms with Gasteiger partial charge in [0.1, 0.15) is 0 Å². The third-order valence-electron chi connectivity index (χ3n) is 3.50. The first-order valence-corrected chi connectivity index (χ1v) is 7.18. The van der Waals surface area contributed by atoms with E-state index in [0.29, 0.717) is 16.1 Å². The molecule has 23 heavy (non-hydrogen) atoms. The van der Waals surface area contributed by atoms with Gasteiger partial charge in [0, 0.05) is 29.4 Å². The molecule has 4 nitrogen and oxygen atoms in total. The fourth-order valence-corrected chi connectivity index (χ4v) is 2.67. The fraction of sp³-hybridized carbons (Fsp3) is 0.125. The molecule has 0 saturated heterocycles. The highest BCUT2D eigenvalue weighted by Gasteiger charge is 2.17. The molecule has 0 aliphatic rings. The predicted molar refractivity (Wildman–Crippen MR) is 86.4 cm³/mol. The van der Waals surface area contributed by atoms with Crippen molar-refractivity contribution in [2.45, 2.75) is 6.43 Å². The lowest BCUT2D eigenvalue weighted by Gasteiger charge is -2.13. The Labute approximate surface area is 135 Å². The predicted octanol–water partition coefficient (Wildman–Crippen LogP) is 3.99. The average molecular weight is 336 g/mol. The number of hydrogen-bond acceptors (Lipinski definition) is 3. The summed E-state index contributed by atoms with van der Waals surface area (Å²) in [5.41, 5.74) is 0.260. The lowest BCUT2D eigenvalue weighted by atomic mass is 10.1. The van der Waals surface area contributed by atoms with Gasteiger partial charge in [-0.1, -0.05) is 29.8 Å². The second-order valence-corrected chi connectivity index (χ2v) is 5.27. The van der Waals surface area contributed by atoms with E-state index in [-0.39, 0.29) is 17.1 Å². The number of rotatable bonds is 3. The molecule has 0 amide bonds. The van der Waals surface area contributed by atoms with Crippen LogP contribution in [0.2, 0.25) is 5.02 Å². The van der Waals surface area contributed by atoms with Crippen molar-refractivity contribution in [3.8, 4) is 11.1 Å². The Morgan fingerprint density at radius 1 is 1.26 bits per heavy atom. The van der Waals surface area contributed by atoms with Gasteiger partial charge < -0.3 is 5.32 Å². The van der Waals surface area contributed by atoms with Gasteiger partial charge in [-0.25, -0.2) is 8.78 Å². The molecule has 3 rings (SSSR count). The summed E-state index contributed by atoms with van der Waals surface area (Å²) >= 11 is 6.17. The normalized spacial score (nSPS) is 11.2. The van der Waals surface area contributed by atoms with Crippen molar-refractivity contribution < 1.29 is 8.78 Å². The summed E-state index contributed by atoms with van der Waals surface area (Å²) in [5.74, 6) is 0.265. The lowest BCUT2D eigenvalue weighted by molar-refractivity contribution is 0.151. The van der Waals surface area contributed by atoms with Crippen LogP contribution < -0.4 is 10.9 Å². The molecule has 0 spiro atoms. The van der Waals surface area contributed by atoms with Crippen LogP contribution in [-0.2, 0) is 0 Å². The van der Waals surface area contributed by atoms with Crippen molar-refractivity contribution >= 4 is 23.1 Å². The highest BCUT2D eigenvalue weighted by atomic mass is 35.5. The Hall–Kier alpha value is -2.47. The molecule has 2 heterocycles. The van der Waals surface area contributed by atoms with Gasteiger partial charge in [0.25, 0.3) is 12.0 Å². The first-order chi connectivity index (χ1) is 11.0. The summed E-state index contributed by atoms with van der Waals surface area (Å²) in [5, 5.41) is 3.14. The quantitative estimate of drug-likeness (QED) is 0.787. The van der Waals surface area contributed by atoms with Gasteiger partial charge in [0.15, 0.2) is 0 Å². The van der Waals surface area contributed by atoms with Crippen LogP contribution in [-0.4, -0.2) is 16.4 Å². The molecule has 7 heteroatoms. The summed E-state index contributed by atoms with van der Waals surface area (Å²) in [4.78, 5) is 16.4. The Balaban J connectivity index is 2.45. The smallest absolute Gasteiger partial charge is 0.283 e. The van der Waals surface area contributed by atoms with Crippen LogP contribution in [0.4, 0.5) is 14.7 Å². The number of nitrogens with zero attached hydrogens (tertiary/aromatic N) is 2. The van der Waals surface area contributed by atoms with E-state index in [9.17, 15) is 13.6 Å². The maximum Gasteiger partial charge on any atom is 0.283 e. The topological polar surface area (TPSA) is 46.4 Å². The fourth-order valence-electron chi connectivity index (χ4n) is 2.44. The minimum atomic E-state index is -2.64. The van der Waals surface area contributed by atoms with Crippen molar-refractivity contribution in [1.29, 1.82) is 0 Å². The van der Waals surface area contributed by atoms with Crippen LogP contribution >= 0.6 is 11.6 Å². The SMILES string of the molecule is CNc1nc(=O)c(-c2ccccc2Cl)c2cc(C(F)F)ccn12. The number of aromatic nitrogens is 2. The Morgan fingerprint density at radius 2 is 2.00 bits per heavy atom. The number of fused-ring (bicyclic) bond motifs is 1. The van der Waals surface area contributed by atoms with Crippen molar-refractivity contribution in [1.82, 2.24) is 9.38 Å². The second kappa shape index (κ2) is 5.96. The monoisotopic (exact) mass is 335 g/mol. The van der Waals surface area contributed by atoms with E-state index in [4.69, 9.17) is 11.6 Å². The van der Waals surface area contributed by atoms with E-state index in [2.05, 4.69) is 10.3 Å². The van der Waals surface area contributed by atoms with Gasteiger partial charge >= 0.3 is 0 Å². The molecule has 0 unspecified atom stereocenters. The zero-order chi connectivity index (χ0) is 16.6. The lowest BCUT2D eigenvalue weighted by Crippen LogP contribution is -2.17. The van der Waals surface area contributed by atoms with Gasteiger partial charge in [0.05, 0.1) is 11.1 Å². The largest absolute Gasteiger partial charge is 0.358 e. The van der Waals surface area contributed by atoms with Crippen LogP contribution in [0, 0.1) is 0 Å². The Kier molecular flexibility index (Phi) is 4.00. The summed E-state index contributed by atoms with van der Waals surface area (Å²) in [6.45, 7) is 0. The highest BCUT2D eigenvalue weighted by molar-refractivity contribution is 6.33. The van der Waals surface area contributed by atoms with Gasteiger partial charge in [-0.05, 0) is 18.2 Å². The van der Waals surface area contributed by atoms with Crippen LogP contribution in [0.3, 0.4) is 0 Å². The van der Waals surface area contributed by atoms with Crippen LogP contribution in [0.1, 0.15) is 12.0 Å². The molecule has 0 bridgehead atoms. The highest BCUT2D eigenvalue weighted by Crippen LogP contribution is 2.30. The van der Waals surface area contributed by atoms with Crippen molar-refractivity contribution in [2.75, 3.05) is 12.4 Å². The molecule has 1 N–H and O–H groups in total. The minimum absolute atomic E-state index is 0.175. The summed E-state index contributed by atoms with van der Waals surface area (Å²) in [6.07, 6.45) is -1.18. The molecule has 0 aliphatic carbocycles. The van der Waals surface area contributed by atoms with E-state index in [1.165, 1.54) is 18.3 Å². The van der Waals surface area contributed by atoms with Gasteiger partial charge in [-0.2, -0.15) is 4.98 Å². The Morgan fingerprint density at radius 3 is 2.65 bits per heavy atom. The molecule has 0 radical (unpaired) electrons. The molecule has 2 aromatic heterocycles. The van der Waals surface area contributed by atoms with Crippen LogP contribution in [0.15, 0.2) is 47.4 Å². The molecule has 0 fully saturated rings. The van der Waals surface area contributed by atoms with E-state index < -0.39 is 12.0 Å². The van der Waals surface area contributed by atoms with E-state index in [1.807, 2.05) is 0 Å². The molecule has 0 atom stereocenters. The third kappa shape index (κ3) is 2.66. The minimum Gasteiger partial charge on any atom is -0.358 e. The first kappa shape index (κ1) is 15.4. The molecule has 0 aliphatic heterocycles. The third-order valence-corrected chi connectivity index (χ3v) is 3.83. The van der Waals surface area contributed by atoms with Gasteiger partial charge in [0.2, 0.25) is 5.95 Å². The number of nitrogens with one attached hydrogen (secondary N) is 1. The standard InChI is InChI=1S/C16H12ClF2N3O/c1-20-16-21-15(23)13(10-4-2-3-5-11(10)17)12-8-9(14(18)19)6-7-22(12)16/h2-8,14H,1H3,(H,20,21,23). The van der Waals surface area contributed by atoms with Crippen LogP contribution in [0.25, 0.3) is 16.6 Å². The van der Waals surface area contributed by atoms with Crippen molar-refractivity contribution in [3.63, 3.8) is 0 Å². The molecule has 118 valence electrons. The molecule has 0 saturated carbocycles. The molecule has 3 aromatic rings. The number of anilines is 1. The van der Waals surface area contributed by atoms with E-state index in [0.717, 1.165) is 0 Å². The number of pyridine rings is 1. The maximum absolute atomic E-state index is 13.0. The van der Waals surface area contributed by atoms with E-state index in [1.54, 1.807) is 35.7 Å². The Bertz CT molecular complexity index is 940. The van der Waals surface area contributed by atoms with Crippen molar-refractivity contribution in [2.24, 2.45) is 0 Å². The number of halogens is 3. The number of benzene rings is 1. The maximum atomic E-state index is 13.0. The zero-order valence-corrected chi connectivity index (χ0v) is 12.8. The first-order valence-electron chi connectivity index (χ1n) is 6.80. The van der Waals surface area contributed by atoms with Gasteiger partial charge in [-0.3, -0.25) is 9.20 Å². The summed E-state index contributed by atoms with van der Waals surface area (Å²) in [6, 6.07) is 9.32. The second-order valence-electron chi connectivity index (χ2n) is 4.86. The number of alkyl halides is 2. The van der Waals surface area contributed by atoms with E-state index >= 15 is 0 Å². The summed E-state index contributed by atoms with van der Waals surface area (Å²) in [7, 11) is 1.60. The molecule has 1 aromatic carbocycles. The van der Waals surface area contributed by atoms with Gasteiger partial charge in [-0.15, -0.1) is 0 Å². The van der Waals surface area contributed by atoms with Crippen LogP contribution in [0.5, 0.6) is 0 Å². The molecular formula is C16H12ClF2N3O. The molecular weight excluding hydrogens is 324 g/mol. The average Bonchev–Trinajstić information content (AvgIpc) is 2.54. The van der Waals surface area contributed by atoms with Crippen molar-refractivity contribution in [3.05, 3.63) is 63.5 Å². The zero-order valence-electron chi connectivity index (χ0n) is 12.1. The number of hydrogen-bond donors (Lipinski definition) is 1. The summed E-state index contributed by atoms with van der Waals surface area (Å²) < 4.78 is 27.6.